The fourth-order valence-corrected chi connectivity index (χ4v) is 7.84. The normalized spacial score (nSPS) is 12.8. The van der Waals surface area contributed by atoms with E-state index in [0.29, 0.717) is 0 Å². The van der Waals surface area contributed by atoms with Crippen molar-refractivity contribution in [3.63, 3.8) is 0 Å². The number of para-hydroxylation sites is 1. The van der Waals surface area contributed by atoms with Gasteiger partial charge in [0.25, 0.3) is 0 Å². The molecule has 1 aliphatic carbocycles. The minimum absolute atomic E-state index is 0.474. The molecule has 226 valence electrons. The largest absolute Gasteiger partial charge is 0.310 e. The molecule has 1 heteroatoms. The molecule has 0 atom stereocenters. The third kappa shape index (κ3) is 4.40. The molecule has 0 bridgehead atoms. The third-order valence-corrected chi connectivity index (χ3v) is 9.90. The van der Waals surface area contributed by atoms with E-state index >= 15 is 0 Å². The Morgan fingerprint density at radius 1 is 0.333 bits per heavy atom. The quantitative estimate of drug-likeness (QED) is 0.181. The molecule has 0 heterocycles. The van der Waals surface area contributed by atoms with Crippen LogP contribution < -0.4 is 4.90 Å². The molecule has 1 aliphatic rings. The minimum atomic E-state index is -0.474. The lowest BCUT2D eigenvalue weighted by molar-refractivity contribution is 0.768. The Bertz CT molecular complexity index is 2340. The van der Waals surface area contributed by atoms with Gasteiger partial charge in [0, 0.05) is 16.9 Å². The van der Waals surface area contributed by atoms with Gasteiger partial charge in [-0.25, -0.2) is 0 Å². The van der Waals surface area contributed by atoms with Gasteiger partial charge in [-0.15, -0.1) is 0 Å². The summed E-state index contributed by atoms with van der Waals surface area (Å²) in [4.78, 5) is 2.44. The first kappa shape index (κ1) is 28.1. The van der Waals surface area contributed by atoms with E-state index in [1.54, 1.807) is 0 Å². The van der Waals surface area contributed by atoms with Gasteiger partial charge in [0.15, 0.2) is 0 Å². The molecule has 0 radical (unpaired) electrons. The third-order valence-electron chi connectivity index (χ3n) is 9.90. The Balaban J connectivity index is 1.36. The summed E-state index contributed by atoms with van der Waals surface area (Å²) in [6.45, 7) is 0. The van der Waals surface area contributed by atoms with E-state index in [1.807, 2.05) is 0 Å². The van der Waals surface area contributed by atoms with Crippen molar-refractivity contribution in [1.82, 2.24) is 0 Å². The monoisotopic (exact) mass is 611 g/mol. The Hall–Kier alpha value is -6.18. The molecule has 8 aromatic rings. The van der Waals surface area contributed by atoms with Gasteiger partial charge in [-0.05, 0) is 86.1 Å². The fraction of sp³-hybridized carbons (Fsp3) is 0.0213. The maximum absolute atomic E-state index is 2.45. The molecule has 9 rings (SSSR count). The molecule has 48 heavy (non-hydrogen) atoms. The molecule has 0 aliphatic heterocycles. The Kier molecular flexibility index (Phi) is 6.76. The van der Waals surface area contributed by atoms with Crippen LogP contribution in [0.5, 0.6) is 0 Å². The van der Waals surface area contributed by atoms with Crippen LogP contribution in [0.4, 0.5) is 17.1 Å². The first-order valence-electron chi connectivity index (χ1n) is 16.6. The maximum Gasteiger partial charge on any atom is 0.0714 e. The summed E-state index contributed by atoms with van der Waals surface area (Å²) in [5, 5.41) is 2.44. The van der Waals surface area contributed by atoms with Crippen molar-refractivity contribution in [2.75, 3.05) is 4.90 Å². The van der Waals surface area contributed by atoms with Crippen LogP contribution >= 0.6 is 0 Å². The van der Waals surface area contributed by atoms with Gasteiger partial charge in [0.2, 0.25) is 0 Å². The van der Waals surface area contributed by atoms with E-state index in [1.165, 1.54) is 55.3 Å². The van der Waals surface area contributed by atoms with Gasteiger partial charge in [-0.3, -0.25) is 0 Å². The zero-order chi connectivity index (χ0) is 31.9. The molecule has 0 fully saturated rings. The number of hydrogen-bond acceptors (Lipinski definition) is 1. The van der Waals surface area contributed by atoms with Gasteiger partial charge < -0.3 is 4.90 Å². The number of nitrogens with zero attached hydrogens (tertiary/aromatic N) is 1. The smallest absolute Gasteiger partial charge is 0.0714 e. The Labute approximate surface area is 282 Å². The molecule has 0 spiro atoms. The second-order valence-electron chi connectivity index (χ2n) is 12.5. The standard InChI is InChI=1S/C47H33N/c1-5-17-34(18-6-1)43-31-35-19-13-14-20-36(35)32-46(43)48(39-25-11-4-12-26-39)40-29-30-42-41-27-15-16-28-44(41)47(45(42)33-40,37-21-7-2-8-22-37)38-23-9-3-10-24-38/h1-33H. The maximum atomic E-state index is 2.45. The fourth-order valence-electron chi connectivity index (χ4n) is 7.84. The average molecular weight is 612 g/mol. The molecule has 0 aromatic heterocycles. The van der Waals surface area contributed by atoms with Crippen molar-refractivity contribution in [2.45, 2.75) is 5.41 Å². The number of fused-ring (bicyclic) bond motifs is 4. The highest BCUT2D eigenvalue weighted by atomic mass is 15.1. The van der Waals surface area contributed by atoms with Crippen molar-refractivity contribution in [3.8, 4) is 22.3 Å². The van der Waals surface area contributed by atoms with Crippen LogP contribution in [0.15, 0.2) is 200 Å². The molecule has 0 N–H and O–H groups in total. The van der Waals surface area contributed by atoms with Gasteiger partial charge in [-0.2, -0.15) is 0 Å². The van der Waals surface area contributed by atoms with Crippen LogP contribution in [0, 0.1) is 0 Å². The van der Waals surface area contributed by atoms with Crippen molar-refractivity contribution >= 4 is 27.8 Å². The molecule has 0 saturated carbocycles. The van der Waals surface area contributed by atoms with E-state index < -0.39 is 5.41 Å². The molecular weight excluding hydrogens is 579 g/mol. The van der Waals surface area contributed by atoms with Crippen LogP contribution in [-0.2, 0) is 5.41 Å². The van der Waals surface area contributed by atoms with Gasteiger partial charge in [0.1, 0.15) is 0 Å². The number of benzene rings is 8. The molecule has 0 amide bonds. The highest BCUT2D eigenvalue weighted by Crippen LogP contribution is 2.57. The lowest BCUT2D eigenvalue weighted by atomic mass is 9.67. The molecule has 8 aromatic carbocycles. The Morgan fingerprint density at radius 2 is 0.854 bits per heavy atom. The van der Waals surface area contributed by atoms with Crippen LogP contribution in [-0.4, -0.2) is 0 Å². The number of hydrogen-bond donors (Lipinski definition) is 0. The van der Waals surface area contributed by atoms with Crippen LogP contribution in [0.25, 0.3) is 33.0 Å². The summed E-state index contributed by atoms with van der Waals surface area (Å²) in [7, 11) is 0. The summed E-state index contributed by atoms with van der Waals surface area (Å²) in [5.41, 5.74) is 13.0. The van der Waals surface area contributed by atoms with Gasteiger partial charge >= 0.3 is 0 Å². The predicted octanol–water partition coefficient (Wildman–Crippen LogP) is 12.3. The lowest BCUT2D eigenvalue weighted by Gasteiger charge is -2.35. The van der Waals surface area contributed by atoms with Gasteiger partial charge in [-0.1, -0.05) is 164 Å². The zero-order valence-electron chi connectivity index (χ0n) is 26.5. The van der Waals surface area contributed by atoms with Gasteiger partial charge in [0.05, 0.1) is 11.1 Å². The van der Waals surface area contributed by atoms with Crippen molar-refractivity contribution in [1.29, 1.82) is 0 Å². The zero-order valence-corrected chi connectivity index (χ0v) is 26.5. The topological polar surface area (TPSA) is 3.24 Å². The average Bonchev–Trinajstić information content (AvgIpc) is 3.46. The van der Waals surface area contributed by atoms with E-state index in [-0.39, 0.29) is 0 Å². The summed E-state index contributed by atoms with van der Waals surface area (Å²) < 4.78 is 0. The Morgan fingerprint density at radius 3 is 1.52 bits per heavy atom. The number of anilines is 3. The summed E-state index contributed by atoms with van der Waals surface area (Å²) in [6, 6.07) is 73.0. The minimum Gasteiger partial charge on any atom is -0.310 e. The van der Waals surface area contributed by atoms with Crippen LogP contribution in [0.1, 0.15) is 22.3 Å². The molecule has 1 nitrogen and oxygen atoms in total. The first-order valence-corrected chi connectivity index (χ1v) is 16.6. The number of rotatable bonds is 6. The summed E-state index contributed by atoms with van der Waals surface area (Å²) >= 11 is 0. The highest BCUT2D eigenvalue weighted by Gasteiger charge is 2.46. The summed E-state index contributed by atoms with van der Waals surface area (Å²) in [5.74, 6) is 0. The van der Waals surface area contributed by atoms with Crippen molar-refractivity contribution in [2.24, 2.45) is 0 Å². The van der Waals surface area contributed by atoms with E-state index in [0.717, 1.165) is 17.1 Å². The lowest BCUT2D eigenvalue weighted by Crippen LogP contribution is -2.28. The summed E-state index contributed by atoms with van der Waals surface area (Å²) in [6.07, 6.45) is 0. The molecular formula is C47H33N. The predicted molar refractivity (Wildman–Crippen MR) is 201 cm³/mol. The van der Waals surface area contributed by atoms with E-state index in [2.05, 4.69) is 205 Å². The second kappa shape index (κ2) is 11.6. The molecule has 0 unspecified atom stereocenters. The van der Waals surface area contributed by atoms with E-state index in [9.17, 15) is 0 Å². The SMILES string of the molecule is c1ccc(-c2cc3ccccc3cc2N(c2ccccc2)c2ccc3c(c2)C(c2ccccc2)(c2ccccc2)c2ccccc2-3)cc1. The van der Waals surface area contributed by atoms with Crippen molar-refractivity contribution in [3.05, 3.63) is 222 Å². The second-order valence-corrected chi connectivity index (χ2v) is 12.5. The van der Waals surface area contributed by atoms with E-state index in [4.69, 9.17) is 0 Å². The van der Waals surface area contributed by atoms with Crippen molar-refractivity contribution < 1.29 is 0 Å². The van der Waals surface area contributed by atoms with Crippen LogP contribution in [0.2, 0.25) is 0 Å². The first-order chi connectivity index (χ1) is 23.8. The van der Waals surface area contributed by atoms with Crippen LogP contribution in [0.3, 0.4) is 0 Å². The highest BCUT2D eigenvalue weighted by molar-refractivity contribution is 5.99. The molecule has 0 saturated heterocycles.